The van der Waals surface area contributed by atoms with E-state index in [-0.39, 0.29) is 27.8 Å². The van der Waals surface area contributed by atoms with Gasteiger partial charge in [-0.3, -0.25) is 19.8 Å². The van der Waals surface area contributed by atoms with Crippen LogP contribution in [0.15, 0.2) is 16.3 Å². The van der Waals surface area contributed by atoms with E-state index in [0.29, 0.717) is 30.1 Å². The van der Waals surface area contributed by atoms with Gasteiger partial charge in [0.25, 0.3) is 10.0 Å². The van der Waals surface area contributed by atoms with Gasteiger partial charge in [0.05, 0.1) is 11.5 Å². The molecule has 0 aromatic carbocycles. The Labute approximate surface area is 148 Å². The predicted molar refractivity (Wildman–Crippen MR) is 90.0 cm³/mol. The molecule has 1 aromatic rings. The zero-order valence-corrected chi connectivity index (χ0v) is 15.0. The number of nitrogens with one attached hydrogen (secondary N) is 1. The van der Waals surface area contributed by atoms with Crippen LogP contribution in [0.1, 0.15) is 25.7 Å². The van der Waals surface area contributed by atoms with E-state index in [2.05, 4.69) is 4.72 Å². The molecule has 9 nitrogen and oxygen atoms in total. The highest BCUT2D eigenvalue weighted by molar-refractivity contribution is 7.91. The first-order valence-corrected chi connectivity index (χ1v) is 10.3. The minimum Gasteiger partial charge on any atom is -0.480 e. The molecule has 0 amide bonds. The largest absolute Gasteiger partial charge is 0.480 e. The molecule has 2 aliphatic rings. The molecule has 0 saturated heterocycles. The van der Waals surface area contributed by atoms with Crippen LogP contribution < -0.4 is 4.72 Å². The van der Waals surface area contributed by atoms with Crippen molar-refractivity contribution in [2.45, 2.75) is 42.0 Å². The maximum absolute atomic E-state index is 12.3. The van der Waals surface area contributed by atoms with E-state index in [4.69, 9.17) is 5.11 Å². The van der Waals surface area contributed by atoms with Crippen molar-refractivity contribution in [1.29, 1.82) is 0 Å². The van der Waals surface area contributed by atoms with Gasteiger partial charge >= 0.3 is 11.0 Å². The number of aliphatic carboxylic acids is 1. The van der Waals surface area contributed by atoms with Crippen molar-refractivity contribution < 1.29 is 23.2 Å². The molecule has 2 saturated carbocycles. The Kier molecular flexibility index (Phi) is 5.09. The first-order valence-electron chi connectivity index (χ1n) is 7.97. The van der Waals surface area contributed by atoms with Gasteiger partial charge in [-0.05, 0) is 49.0 Å². The second-order valence-corrected chi connectivity index (χ2v) is 9.56. The first-order chi connectivity index (χ1) is 11.7. The lowest BCUT2D eigenvalue weighted by Crippen LogP contribution is -2.55. The highest BCUT2D eigenvalue weighted by Crippen LogP contribution is 2.35. The van der Waals surface area contributed by atoms with Crippen LogP contribution in [-0.2, 0) is 14.8 Å². The third-order valence-corrected chi connectivity index (χ3v) is 7.54. The Hall–Kier alpha value is -1.56. The third kappa shape index (κ3) is 4.54. The van der Waals surface area contributed by atoms with Crippen molar-refractivity contribution >= 4 is 32.3 Å². The van der Waals surface area contributed by atoms with Gasteiger partial charge in [-0.25, -0.2) is 13.1 Å². The second kappa shape index (κ2) is 6.98. The summed E-state index contributed by atoms with van der Waals surface area (Å²) in [6, 6.07) is 2.19. The van der Waals surface area contributed by atoms with Crippen molar-refractivity contribution in [2.75, 3.05) is 13.1 Å². The number of sulfonamides is 1. The summed E-state index contributed by atoms with van der Waals surface area (Å²) < 4.78 is 27.0. The minimum atomic E-state index is -3.79. The number of carboxylic acids is 1. The van der Waals surface area contributed by atoms with Gasteiger partial charge in [0, 0.05) is 24.7 Å². The van der Waals surface area contributed by atoms with Crippen molar-refractivity contribution in [2.24, 2.45) is 5.92 Å². The zero-order chi connectivity index (χ0) is 18.2. The van der Waals surface area contributed by atoms with Crippen molar-refractivity contribution in [3.05, 3.63) is 22.2 Å². The fourth-order valence-corrected chi connectivity index (χ4v) is 5.35. The summed E-state index contributed by atoms with van der Waals surface area (Å²) in [4.78, 5) is 23.0. The summed E-state index contributed by atoms with van der Waals surface area (Å²) in [7, 11) is -3.79. The molecule has 0 bridgehead atoms. The Balaban J connectivity index is 1.55. The maximum atomic E-state index is 12.3. The quantitative estimate of drug-likeness (QED) is 0.480. The summed E-state index contributed by atoms with van der Waals surface area (Å²) in [5.74, 6) is -0.322. The van der Waals surface area contributed by atoms with Gasteiger partial charge in [-0.1, -0.05) is 0 Å². The fourth-order valence-electron chi connectivity index (χ4n) is 2.96. The van der Waals surface area contributed by atoms with Crippen LogP contribution >= 0.6 is 11.3 Å². The topological polar surface area (TPSA) is 130 Å². The summed E-state index contributed by atoms with van der Waals surface area (Å²) in [5, 5.41) is 19.5. The molecule has 2 N–H and O–H groups in total. The zero-order valence-electron chi connectivity index (χ0n) is 13.3. The molecule has 0 unspecified atom stereocenters. The lowest BCUT2D eigenvalue weighted by atomic mass is 9.86. The molecule has 1 aromatic heterocycles. The molecule has 0 spiro atoms. The molecular weight excluding hydrogens is 370 g/mol. The number of hydrogen-bond acceptors (Lipinski definition) is 7. The molecule has 0 aliphatic heterocycles. The standard InChI is InChI=1S/C14H19N3O6S2/c18-13(19)8-16(7-9-1-2-9)11-5-10(6-11)15-25(22,23)14-4-3-12(24-14)17(20)21/h3-4,9-11,15H,1-2,5-8H2,(H,18,19). The lowest BCUT2D eigenvalue weighted by Gasteiger charge is -2.42. The van der Waals surface area contributed by atoms with E-state index in [0.717, 1.165) is 19.4 Å². The summed E-state index contributed by atoms with van der Waals surface area (Å²) in [6.45, 7) is 0.714. The highest BCUT2D eigenvalue weighted by Gasteiger charge is 2.39. The Morgan fingerprint density at radius 1 is 1.40 bits per heavy atom. The maximum Gasteiger partial charge on any atom is 0.325 e. The van der Waals surface area contributed by atoms with E-state index >= 15 is 0 Å². The SMILES string of the molecule is O=C(O)CN(CC1CC1)C1CC(NS(=O)(=O)c2ccc([N+](=O)[O-])s2)C1. The van der Waals surface area contributed by atoms with Crippen LogP contribution in [0, 0.1) is 16.0 Å². The van der Waals surface area contributed by atoms with Gasteiger partial charge in [0.1, 0.15) is 4.21 Å². The number of nitrogens with zero attached hydrogens (tertiary/aromatic N) is 2. The van der Waals surface area contributed by atoms with E-state index in [1.165, 1.54) is 12.1 Å². The van der Waals surface area contributed by atoms with Crippen molar-refractivity contribution in [3.63, 3.8) is 0 Å². The molecular formula is C14H19N3O6S2. The Morgan fingerprint density at radius 2 is 2.08 bits per heavy atom. The molecule has 3 rings (SSSR count). The molecule has 25 heavy (non-hydrogen) atoms. The monoisotopic (exact) mass is 389 g/mol. The first kappa shape index (κ1) is 18.2. The number of thiophene rings is 1. The summed E-state index contributed by atoms with van der Waals surface area (Å²) in [6.07, 6.45) is 3.34. The van der Waals surface area contributed by atoms with E-state index in [1.54, 1.807) is 0 Å². The average Bonchev–Trinajstić information content (AvgIpc) is 3.12. The highest BCUT2D eigenvalue weighted by atomic mass is 32.2. The Morgan fingerprint density at radius 3 is 2.60 bits per heavy atom. The number of carboxylic acid groups (broad SMARTS) is 1. The van der Waals surface area contributed by atoms with Crippen LogP contribution in [0.4, 0.5) is 5.00 Å². The molecule has 1 heterocycles. The van der Waals surface area contributed by atoms with E-state index < -0.39 is 20.9 Å². The van der Waals surface area contributed by atoms with Crippen LogP contribution in [0.3, 0.4) is 0 Å². The molecule has 0 radical (unpaired) electrons. The number of rotatable bonds is 9. The van der Waals surface area contributed by atoms with Crippen LogP contribution in [0.5, 0.6) is 0 Å². The molecule has 0 atom stereocenters. The van der Waals surface area contributed by atoms with Crippen molar-refractivity contribution in [1.82, 2.24) is 9.62 Å². The van der Waals surface area contributed by atoms with E-state index in [9.17, 15) is 23.3 Å². The van der Waals surface area contributed by atoms with E-state index in [1.807, 2.05) is 4.90 Å². The Bertz CT molecular complexity index is 767. The number of carbonyl (C=O) groups is 1. The van der Waals surface area contributed by atoms with Gasteiger partial charge in [0.15, 0.2) is 0 Å². The normalized spacial score (nSPS) is 23.4. The van der Waals surface area contributed by atoms with Crippen LogP contribution in [0.2, 0.25) is 0 Å². The van der Waals surface area contributed by atoms with Gasteiger partial charge in [0.2, 0.25) is 0 Å². The summed E-state index contributed by atoms with van der Waals surface area (Å²) >= 11 is 0.619. The smallest absolute Gasteiger partial charge is 0.325 e. The second-order valence-electron chi connectivity index (χ2n) is 6.56. The van der Waals surface area contributed by atoms with Gasteiger partial charge in [-0.2, -0.15) is 0 Å². The lowest BCUT2D eigenvalue weighted by molar-refractivity contribution is -0.380. The van der Waals surface area contributed by atoms with Gasteiger partial charge < -0.3 is 5.11 Å². The van der Waals surface area contributed by atoms with Gasteiger partial charge in [-0.15, -0.1) is 0 Å². The number of hydrogen-bond donors (Lipinski definition) is 2. The fraction of sp³-hybridized carbons (Fsp3) is 0.643. The summed E-state index contributed by atoms with van der Waals surface area (Å²) in [5.41, 5.74) is 0. The van der Waals surface area contributed by atoms with Crippen molar-refractivity contribution in [3.8, 4) is 0 Å². The molecule has 2 aliphatic carbocycles. The molecule has 2 fully saturated rings. The van der Waals surface area contributed by atoms with Crippen LogP contribution in [0.25, 0.3) is 0 Å². The average molecular weight is 389 g/mol. The predicted octanol–water partition coefficient (Wildman–Crippen LogP) is 1.26. The minimum absolute atomic E-state index is 0.0300. The third-order valence-electron chi connectivity index (χ3n) is 4.49. The molecule has 11 heteroatoms. The number of nitro groups is 1. The molecule has 138 valence electrons. The van der Waals surface area contributed by atoms with Crippen LogP contribution in [-0.4, -0.2) is 54.5 Å².